The van der Waals surface area contributed by atoms with Crippen LogP contribution in [0.3, 0.4) is 0 Å². The summed E-state index contributed by atoms with van der Waals surface area (Å²) in [6.07, 6.45) is 3.13. The van der Waals surface area contributed by atoms with E-state index < -0.39 is 0 Å². The van der Waals surface area contributed by atoms with Crippen molar-refractivity contribution in [2.75, 3.05) is 26.4 Å². The van der Waals surface area contributed by atoms with E-state index in [1.165, 1.54) is 0 Å². The molecule has 1 aliphatic carbocycles. The maximum absolute atomic E-state index is 5.81. The number of rotatable bonds is 4. The van der Waals surface area contributed by atoms with Gasteiger partial charge in [-0.05, 0) is 19.9 Å². The molecule has 1 spiro atoms. The molecule has 2 fully saturated rings. The minimum atomic E-state index is -0.342. The van der Waals surface area contributed by atoms with Crippen LogP contribution in [0.1, 0.15) is 33.1 Å². The molecule has 0 radical (unpaired) electrons. The maximum atomic E-state index is 5.81. The number of likely N-dealkylation sites (N-methyl/N-ethyl adjacent to an activating group) is 1. The van der Waals surface area contributed by atoms with Crippen molar-refractivity contribution in [2.45, 2.75) is 51.0 Å². The Morgan fingerprint density at radius 3 is 2.69 bits per heavy atom. The summed E-state index contributed by atoms with van der Waals surface area (Å²) in [6.45, 7) is 7.37. The van der Waals surface area contributed by atoms with Gasteiger partial charge in [0.05, 0.1) is 19.3 Å². The molecule has 1 saturated heterocycles. The zero-order chi connectivity index (χ0) is 11.4. The first-order valence-electron chi connectivity index (χ1n) is 6.42. The normalized spacial score (nSPS) is 33.4. The summed E-state index contributed by atoms with van der Waals surface area (Å²) in [6, 6.07) is 0.448. The number of hydrogen-bond acceptors (Lipinski definition) is 4. The molecule has 2 atom stereocenters. The Kier molecular flexibility index (Phi) is 4.19. The van der Waals surface area contributed by atoms with Gasteiger partial charge in [0, 0.05) is 25.5 Å². The molecule has 94 valence electrons. The van der Waals surface area contributed by atoms with Crippen molar-refractivity contribution >= 4 is 0 Å². The van der Waals surface area contributed by atoms with Gasteiger partial charge in [-0.2, -0.15) is 0 Å². The van der Waals surface area contributed by atoms with Crippen molar-refractivity contribution in [2.24, 2.45) is 0 Å². The predicted molar refractivity (Wildman–Crippen MR) is 61.4 cm³/mol. The minimum Gasteiger partial charge on any atom is -0.377 e. The van der Waals surface area contributed by atoms with E-state index in [1.54, 1.807) is 0 Å². The van der Waals surface area contributed by atoms with E-state index in [1.807, 2.05) is 6.92 Å². The van der Waals surface area contributed by atoms with Gasteiger partial charge in [0.1, 0.15) is 0 Å². The Bertz CT molecular complexity index is 216. The summed E-state index contributed by atoms with van der Waals surface area (Å²) in [7, 11) is 0. The van der Waals surface area contributed by atoms with Crippen LogP contribution in [-0.4, -0.2) is 44.3 Å². The minimum absolute atomic E-state index is 0.219. The zero-order valence-corrected chi connectivity index (χ0v) is 10.3. The van der Waals surface area contributed by atoms with Gasteiger partial charge in [0.2, 0.25) is 0 Å². The van der Waals surface area contributed by atoms with Gasteiger partial charge in [-0.3, -0.25) is 0 Å². The van der Waals surface area contributed by atoms with Crippen molar-refractivity contribution in [1.29, 1.82) is 0 Å². The molecule has 0 aromatic carbocycles. The zero-order valence-electron chi connectivity index (χ0n) is 10.3. The molecule has 4 nitrogen and oxygen atoms in total. The first-order valence-corrected chi connectivity index (χ1v) is 6.42. The van der Waals surface area contributed by atoms with E-state index >= 15 is 0 Å². The number of hydrogen-bond donors (Lipinski definition) is 1. The quantitative estimate of drug-likeness (QED) is 0.788. The second-order valence-corrected chi connectivity index (χ2v) is 4.51. The smallest absolute Gasteiger partial charge is 0.171 e. The Hall–Kier alpha value is -0.160. The average Bonchev–Trinajstić information content (AvgIpc) is 2.72. The van der Waals surface area contributed by atoms with E-state index in [9.17, 15) is 0 Å². The second-order valence-electron chi connectivity index (χ2n) is 4.51. The summed E-state index contributed by atoms with van der Waals surface area (Å²) in [5.41, 5.74) is 0. The number of nitrogens with one attached hydrogen (secondary N) is 1. The molecule has 1 heterocycles. The third kappa shape index (κ3) is 2.56. The van der Waals surface area contributed by atoms with Gasteiger partial charge in [-0.1, -0.05) is 6.92 Å². The van der Waals surface area contributed by atoms with Gasteiger partial charge in [-0.15, -0.1) is 0 Å². The Balaban J connectivity index is 1.96. The molecule has 0 bridgehead atoms. The lowest BCUT2D eigenvalue weighted by molar-refractivity contribution is -0.206. The van der Waals surface area contributed by atoms with Crippen molar-refractivity contribution < 1.29 is 14.2 Å². The van der Waals surface area contributed by atoms with Gasteiger partial charge in [0.25, 0.3) is 0 Å². The molecule has 1 N–H and O–H groups in total. The lowest BCUT2D eigenvalue weighted by Gasteiger charge is -2.41. The monoisotopic (exact) mass is 229 g/mol. The highest BCUT2D eigenvalue weighted by Gasteiger charge is 2.45. The fraction of sp³-hybridized carbons (Fsp3) is 1.00. The van der Waals surface area contributed by atoms with Crippen LogP contribution in [0.5, 0.6) is 0 Å². The van der Waals surface area contributed by atoms with Crippen molar-refractivity contribution in [1.82, 2.24) is 5.32 Å². The van der Waals surface area contributed by atoms with Crippen LogP contribution in [-0.2, 0) is 14.2 Å². The average molecular weight is 229 g/mol. The fourth-order valence-electron chi connectivity index (χ4n) is 2.76. The fourth-order valence-corrected chi connectivity index (χ4v) is 2.76. The molecule has 16 heavy (non-hydrogen) atoms. The van der Waals surface area contributed by atoms with Crippen LogP contribution in [0.2, 0.25) is 0 Å². The molecule has 4 heteroatoms. The first kappa shape index (κ1) is 12.3. The Morgan fingerprint density at radius 1 is 1.31 bits per heavy atom. The van der Waals surface area contributed by atoms with Crippen molar-refractivity contribution in [3.8, 4) is 0 Å². The van der Waals surface area contributed by atoms with Crippen LogP contribution in [0.25, 0.3) is 0 Å². The topological polar surface area (TPSA) is 39.7 Å². The lowest BCUT2D eigenvalue weighted by Crippen LogP contribution is -2.52. The van der Waals surface area contributed by atoms with Crippen molar-refractivity contribution in [3.05, 3.63) is 0 Å². The highest BCUT2D eigenvalue weighted by atomic mass is 16.7. The first-order chi connectivity index (χ1) is 7.79. The van der Waals surface area contributed by atoms with Gasteiger partial charge in [-0.25, -0.2) is 0 Å². The maximum Gasteiger partial charge on any atom is 0.171 e. The molecule has 2 aliphatic rings. The highest BCUT2D eigenvalue weighted by Crippen LogP contribution is 2.37. The summed E-state index contributed by atoms with van der Waals surface area (Å²) in [4.78, 5) is 0. The lowest BCUT2D eigenvalue weighted by atomic mass is 9.87. The Morgan fingerprint density at radius 2 is 2.06 bits per heavy atom. The third-order valence-corrected chi connectivity index (χ3v) is 3.46. The molecule has 2 unspecified atom stereocenters. The van der Waals surface area contributed by atoms with Crippen LogP contribution in [0, 0.1) is 0 Å². The van der Waals surface area contributed by atoms with Crippen molar-refractivity contribution in [3.63, 3.8) is 0 Å². The summed E-state index contributed by atoms with van der Waals surface area (Å²) < 4.78 is 17.3. The molecular weight excluding hydrogens is 206 g/mol. The van der Waals surface area contributed by atoms with E-state index in [0.717, 1.165) is 45.6 Å². The van der Waals surface area contributed by atoms with Crippen LogP contribution < -0.4 is 5.32 Å². The molecule has 2 rings (SSSR count). The largest absolute Gasteiger partial charge is 0.377 e. The molecule has 0 aromatic heterocycles. The van der Waals surface area contributed by atoms with E-state index in [-0.39, 0.29) is 11.9 Å². The molecule has 0 aromatic rings. The summed E-state index contributed by atoms with van der Waals surface area (Å²) >= 11 is 0. The van der Waals surface area contributed by atoms with E-state index in [0.29, 0.717) is 6.04 Å². The van der Waals surface area contributed by atoms with E-state index in [4.69, 9.17) is 14.2 Å². The van der Waals surface area contributed by atoms with Gasteiger partial charge in [0.15, 0.2) is 5.79 Å². The highest BCUT2D eigenvalue weighted by molar-refractivity contribution is 4.92. The van der Waals surface area contributed by atoms with Gasteiger partial charge >= 0.3 is 0 Å². The standard InChI is InChI=1S/C12H23NO3/c1-3-13-10-5-6-12(15-7-8-16-12)9-11(10)14-4-2/h10-11,13H,3-9H2,1-2H3. The predicted octanol–water partition coefficient (Wildman–Crippen LogP) is 1.30. The molecule has 1 aliphatic heterocycles. The molecule has 0 amide bonds. The SMILES string of the molecule is CCNC1CCC2(CC1OCC)OCCO2. The summed E-state index contributed by atoms with van der Waals surface area (Å²) in [5.74, 6) is -0.342. The van der Waals surface area contributed by atoms with E-state index in [2.05, 4.69) is 12.2 Å². The molecular formula is C12H23NO3. The van der Waals surface area contributed by atoms with Gasteiger partial charge < -0.3 is 19.5 Å². The van der Waals surface area contributed by atoms with Crippen LogP contribution in [0.15, 0.2) is 0 Å². The summed E-state index contributed by atoms with van der Waals surface area (Å²) in [5, 5.41) is 3.49. The Labute approximate surface area is 97.6 Å². The number of ether oxygens (including phenoxy) is 3. The second kappa shape index (κ2) is 5.45. The van der Waals surface area contributed by atoms with Crippen LogP contribution >= 0.6 is 0 Å². The third-order valence-electron chi connectivity index (χ3n) is 3.46. The molecule has 1 saturated carbocycles. The van der Waals surface area contributed by atoms with Crippen LogP contribution in [0.4, 0.5) is 0 Å².